The molecule has 0 amide bonds. The summed E-state index contributed by atoms with van der Waals surface area (Å²) in [6.45, 7) is 4.87. The second kappa shape index (κ2) is 5.53. The molecule has 3 heteroatoms. The molecule has 0 spiro atoms. The Labute approximate surface area is 108 Å². The third-order valence-corrected chi connectivity index (χ3v) is 3.82. The topological polar surface area (TPSA) is 49.3 Å². The van der Waals surface area contributed by atoms with Crippen LogP contribution < -0.4 is 5.32 Å². The van der Waals surface area contributed by atoms with E-state index in [0.717, 1.165) is 18.0 Å². The van der Waals surface area contributed by atoms with Gasteiger partial charge in [0, 0.05) is 12.6 Å². The number of carboxylic acid groups (broad SMARTS) is 1. The molecule has 1 atom stereocenters. The highest BCUT2D eigenvalue weighted by molar-refractivity contribution is 5.75. The maximum atomic E-state index is 10.9. The van der Waals surface area contributed by atoms with Crippen LogP contribution in [0.3, 0.4) is 0 Å². The molecule has 3 nitrogen and oxygen atoms in total. The van der Waals surface area contributed by atoms with Gasteiger partial charge in [-0.3, -0.25) is 4.79 Å². The second-order valence-corrected chi connectivity index (χ2v) is 5.46. The number of nitrogens with one attached hydrogen (secondary N) is 1. The van der Waals surface area contributed by atoms with Gasteiger partial charge in [-0.2, -0.15) is 0 Å². The molecule has 1 aromatic carbocycles. The lowest BCUT2D eigenvalue weighted by Crippen LogP contribution is -2.39. The lowest BCUT2D eigenvalue weighted by molar-refractivity contribution is -0.138. The molecule has 1 fully saturated rings. The monoisotopic (exact) mass is 247 g/mol. The first-order chi connectivity index (χ1) is 8.56. The Morgan fingerprint density at radius 2 is 2.00 bits per heavy atom. The molecule has 0 saturated heterocycles. The van der Waals surface area contributed by atoms with Gasteiger partial charge in [0.2, 0.25) is 0 Å². The SMILES string of the molecule is CC1CC(NCc2ccc(C(C)C(=O)O)cc2)C1. The van der Waals surface area contributed by atoms with Crippen LogP contribution in [-0.4, -0.2) is 17.1 Å². The minimum absolute atomic E-state index is 0.431. The van der Waals surface area contributed by atoms with Crippen LogP contribution in [0.4, 0.5) is 0 Å². The zero-order chi connectivity index (χ0) is 13.1. The Hall–Kier alpha value is -1.35. The molecule has 0 radical (unpaired) electrons. The number of hydrogen-bond donors (Lipinski definition) is 2. The maximum absolute atomic E-state index is 10.9. The van der Waals surface area contributed by atoms with Crippen molar-refractivity contribution in [3.05, 3.63) is 35.4 Å². The van der Waals surface area contributed by atoms with Crippen molar-refractivity contribution >= 4 is 5.97 Å². The number of carbonyl (C=O) groups is 1. The molecule has 1 aliphatic carbocycles. The van der Waals surface area contributed by atoms with Crippen molar-refractivity contribution in [2.24, 2.45) is 5.92 Å². The predicted molar refractivity (Wildman–Crippen MR) is 71.5 cm³/mol. The van der Waals surface area contributed by atoms with E-state index in [-0.39, 0.29) is 0 Å². The Balaban J connectivity index is 1.85. The lowest BCUT2D eigenvalue weighted by atomic mass is 9.82. The standard InChI is InChI=1S/C15H21NO2/c1-10-7-14(8-10)16-9-12-3-5-13(6-4-12)11(2)15(17)18/h3-6,10-11,14,16H,7-9H2,1-2H3,(H,17,18). The van der Waals surface area contributed by atoms with Gasteiger partial charge in [0.15, 0.2) is 0 Å². The Morgan fingerprint density at radius 3 is 2.50 bits per heavy atom. The van der Waals surface area contributed by atoms with E-state index in [4.69, 9.17) is 5.11 Å². The molecule has 0 aliphatic heterocycles. The van der Waals surface area contributed by atoms with Crippen LogP contribution in [0.2, 0.25) is 0 Å². The molecule has 2 rings (SSSR count). The fourth-order valence-corrected chi connectivity index (χ4v) is 2.40. The smallest absolute Gasteiger partial charge is 0.310 e. The molecule has 0 aromatic heterocycles. The highest BCUT2D eigenvalue weighted by Crippen LogP contribution is 2.26. The van der Waals surface area contributed by atoms with Crippen molar-refractivity contribution in [1.29, 1.82) is 0 Å². The van der Waals surface area contributed by atoms with Crippen molar-refractivity contribution in [3.8, 4) is 0 Å². The van der Waals surface area contributed by atoms with Crippen LogP contribution in [0, 0.1) is 5.92 Å². The summed E-state index contributed by atoms with van der Waals surface area (Å²) in [5, 5.41) is 12.5. The van der Waals surface area contributed by atoms with Gasteiger partial charge in [-0.05, 0) is 36.8 Å². The third kappa shape index (κ3) is 3.10. The highest BCUT2D eigenvalue weighted by Gasteiger charge is 2.24. The second-order valence-electron chi connectivity index (χ2n) is 5.46. The fourth-order valence-electron chi connectivity index (χ4n) is 2.40. The van der Waals surface area contributed by atoms with Gasteiger partial charge in [0.1, 0.15) is 0 Å². The first-order valence-electron chi connectivity index (χ1n) is 6.61. The van der Waals surface area contributed by atoms with Crippen LogP contribution >= 0.6 is 0 Å². The average Bonchev–Trinajstić information content (AvgIpc) is 2.33. The van der Waals surface area contributed by atoms with Gasteiger partial charge in [0.25, 0.3) is 0 Å². The summed E-state index contributed by atoms with van der Waals surface area (Å²) in [7, 11) is 0. The quantitative estimate of drug-likeness (QED) is 0.841. The Bertz CT molecular complexity index is 407. The van der Waals surface area contributed by atoms with E-state index in [2.05, 4.69) is 12.2 Å². The molecular weight excluding hydrogens is 226 g/mol. The van der Waals surface area contributed by atoms with Gasteiger partial charge in [-0.25, -0.2) is 0 Å². The number of aliphatic carboxylic acids is 1. The number of carboxylic acids is 1. The molecule has 1 aliphatic rings. The third-order valence-electron chi connectivity index (χ3n) is 3.82. The van der Waals surface area contributed by atoms with E-state index < -0.39 is 11.9 Å². The summed E-state index contributed by atoms with van der Waals surface area (Å²) in [6, 6.07) is 8.53. The van der Waals surface area contributed by atoms with Gasteiger partial charge in [0.05, 0.1) is 5.92 Å². The predicted octanol–water partition coefficient (Wildman–Crippen LogP) is 2.76. The van der Waals surface area contributed by atoms with E-state index in [0.29, 0.717) is 6.04 Å². The lowest BCUT2D eigenvalue weighted by Gasteiger charge is -2.33. The molecule has 98 valence electrons. The summed E-state index contributed by atoms with van der Waals surface area (Å²) in [5.41, 5.74) is 2.08. The average molecular weight is 247 g/mol. The van der Waals surface area contributed by atoms with Crippen molar-refractivity contribution < 1.29 is 9.90 Å². The van der Waals surface area contributed by atoms with Crippen molar-refractivity contribution in [1.82, 2.24) is 5.32 Å². The van der Waals surface area contributed by atoms with Crippen molar-refractivity contribution in [3.63, 3.8) is 0 Å². The first-order valence-corrected chi connectivity index (χ1v) is 6.61. The van der Waals surface area contributed by atoms with Crippen molar-refractivity contribution in [2.45, 2.75) is 45.2 Å². The van der Waals surface area contributed by atoms with Gasteiger partial charge in [-0.1, -0.05) is 31.2 Å². The maximum Gasteiger partial charge on any atom is 0.310 e. The zero-order valence-electron chi connectivity index (χ0n) is 11.0. The summed E-state index contributed by atoms with van der Waals surface area (Å²) in [6.07, 6.45) is 2.54. The van der Waals surface area contributed by atoms with E-state index in [1.54, 1.807) is 6.92 Å². The molecule has 1 aromatic rings. The van der Waals surface area contributed by atoms with E-state index in [1.165, 1.54) is 18.4 Å². The summed E-state index contributed by atoms with van der Waals surface area (Å²) < 4.78 is 0. The van der Waals surface area contributed by atoms with Crippen molar-refractivity contribution in [2.75, 3.05) is 0 Å². The van der Waals surface area contributed by atoms with E-state index in [9.17, 15) is 4.79 Å². The minimum Gasteiger partial charge on any atom is -0.481 e. The molecule has 1 unspecified atom stereocenters. The zero-order valence-corrected chi connectivity index (χ0v) is 11.0. The Kier molecular flexibility index (Phi) is 4.02. The molecule has 0 heterocycles. The van der Waals surface area contributed by atoms with Crippen LogP contribution in [0.5, 0.6) is 0 Å². The first kappa shape index (κ1) is 13.1. The molecule has 0 bridgehead atoms. The van der Waals surface area contributed by atoms with Gasteiger partial charge >= 0.3 is 5.97 Å². The summed E-state index contributed by atoms with van der Waals surface area (Å²) in [5.74, 6) is -0.342. The number of hydrogen-bond acceptors (Lipinski definition) is 2. The van der Waals surface area contributed by atoms with Crippen LogP contribution in [-0.2, 0) is 11.3 Å². The Morgan fingerprint density at radius 1 is 1.39 bits per heavy atom. The molecule has 1 saturated carbocycles. The van der Waals surface area contributed by atoms with Crippen LogP contribution in [0.15, 0.2) is 24.3 Å². The normalized spacial score (nSPS) is 24.3. The summed E-state index contributed by atoms with van der Waals surface area (Å²) in [4.78, 5) is 10.9. The summed E-state index contributed by atoms with van der Waals surface area (Å²) >= 11 is 0. The van der Waals surface area contributed by atoms with Crippen LogP contribution in [0.1, 0.15) is 43.7 Å². The highest BCUT2D eigenvalue weighted by atomic mass is 16.4. The number of benzene rings is 1. The van der Waals surface area contributed by atoms with Crippen LogP contribution in [0.25, 0.3) is 0 Å². The van der Waals surface area contributed by atoms with E-state index >= 15 is 0 Å². The number of rotatable bonds is 5. The fraction of sp³-hybridized carbons (Fsp3) is 0.533. The van der Waals surface area contributed by atoms with Gasteiger partial charge < -0.3 is 10.4 Å². The minimum atomic E-state index is -0.774. The van der Waals surface area contributed by atoms with E-state index in [1.807, 2.05) is 24.3 Å². The largest absolute Gasteiger partial charge is 0.481 e. The molecular formula is C15H21NO2. The van der Waals surface area contributed by atoms with Gasteiger partial charge in [-0.15, -0.1) is 0 Å². The molecule has 2 N–H and O–H groups in total. The molecule has 18 heavy (non-hydrogen) atoms.